The third kappa shape index (κ3) is 4.98. The lowest BCUT2D eigenvalue weighted by molar-refractivity contribution is 0.0600. The van der Waals surface area contributed by atoms with E-state index in [1.165, 1.54) is 13.2 Å². The number of nitrogens with zero attached hydrogens (tertiary/aromatic N) is 2. The maximum atomic E-state index is 13.6. The standard InChI is InChI=1S/C25H29N3O4S/c1-16-10-17(2)15-28(14-16)23-9-4-18(13-26)11-22(23)27-33(30,31)24-12-20(25(29)32-3)7-8-21(24)19-5-6-19/h4,7-9,11-12,16-17,19,27H,5-6,10,14-15H2,1-3H3. The Morgan fingerprint density at radius 1 is 1.12 bits per heavy atom. The highest BCUT2D eigenvalue weighted by Crippen LogP contribution is 2.44. The minimum Gasteiger partial charge on any atom is -0.465 e. The third-order valence-electron chi connectivity index (χ3n) is 6.32. The molecule has 1 saturated heterocycles. The molecule has 7 nitrogen and oxygen atoms in total. The summed E-state index contributed by atoms with van der Waals surface area (Å²) in [6, 6.07) is 11.9. The monoisotopic (exact) mass is 467 g/mol. The molecule has 2 unspecified atom stereocenters. The minimum absolute atomic E-state index is 0.0848. The number of methoxy groups -OCH3 is 1. The number of carbonyl (C=O) groups is 1. The Morgan fingerprint density at radius 2 is 1.82 bits per heavy atom. The highest BCUT2D eigenvalue weighted by Gasteiger charge is 2.32. The summed E-state index contributed by atoms with van der Waals surface area (Å²) in [5.41, 5.74) is 2.40. The van der Waals surface area contributed by atoms with Gasteiger partial charge in [0.15, 0.2) is 0 Å². The molecule has 1 aliphatic carbocycles. The molecule has 1 aliphatic heterocycles. The van der Waals surface area contributed by atoms with Crippen LogP contribution < -0.4 is 9.62 Å². The van der Waals surface area contributed by atoms with Crippen LogP contribution in [0.2, 0.25) is 0 Å². The van der Waals surface area contributed by atoms with Crippen LogP contribution in [0.3, 0.4) is 0 Å². The fourth-order valence-corrected chi connectivity index (χ4v) is 6.16. The van der Waals surface area contributed by atoms with Crippen molar-refractivity contribution in [2.24, 2.45) is 11.8 Å². The van der Waals surface area contributed by atoms with Gasteiger partial charge in [-0.3, -0.25) is 4.72 Å². The number of piperidine rings is 1. The van der Waals surface area contributed by atoms with E-state index in [1.54, 1.807) is 24.3 Å². The van der Waals surface area contributed by atoms with Gasteiger partial charge in [-0.05, 0) is 72.9 Å². The van der Waals surface area contributed by atoms with Gasteiger partial charge in [-0.2, -0.15) is 5.26 Å². The Morgan fingerprint density at radius 3 is 2.42 bits per heavy atom. The summed E-state index contributed by atoms with van der Waals surface area (Å²) in [7, 11) is -2.75. The van der Waals surface area contributed by atoms with Crippen molar-refractivity contribution in [3.8, 4) is 6.07 Å². The lowest BCUT2D eigenvalue weighted by Gasteiger charge is -2.37. The first-order chi connectivity index (χ1) is 15.7. The number of hydrogen-bond acceptors (Lipinski definition) is 6. The molecular formula is C25H29N3O4S. The van der Waals surface area contributed by atoms with Crippen molar-refractivity contribution in [1.82, 2.24) is 0 Å². The molecule has 1 N–H and O–H groups in total. The fraction of sp³-hybridized carbons (Fsp3) is 0.440. The normalized spacial score (nSPS) is 20.7. The molecule has 0 aromatic heterocycles. The van der Waals surface area contributed by atoms with Crippen LogP contribution in [0.4, 0.5) is 11.4 Å². The van der Waals surface area contributed by atoms with Crippen LogP contribution >= 0.6 is 0 Å². The first kappa shape index (κ1) is 23.1. The molecule has 33 heavy (non-hydrogen) atoms. The molecule has 1 saturated carbocycles. The molecule has 0 amide bonds. The zero-order chi connectivity index (χ0) is 23.8. The van der Waals surface area contributed by atoms with E-state index in [2.05, 4.69) is 29.5 Å². The number of esters is 1. The topological polar surface area (TPSA) is 99.5 Å². The van der Waals surface area contributed by atoms with Crippen molar-refractivity contribution in [2.45, 2.75) is 43.9 Å². The van der Waals surface area contributed by atoms with E-state index in [0.29, 0.717) is 28.7 Å². The number of ether oxygens (including phenoxy) is 1. The number of sulfonamides is 1. The van der Waals surface area contributed by atoms with Gasteiger partial charge in [0.25, 0.3) is 10.0 Å². The van der Waals surface area contributed by atoms with Crippen LogP contribution in [0.1, 0.15) is 60.5 Å². The predicted octanol–water partition coefficient (Wildman–Crippen LogP) is 4.51. The van der Waals surface area contributed by atoms with Gasteiger partial charge < -0.3 is 9.64 Å². The second-order valence-electron chi connectivity index (χ2n) is 9.32. The smallest absolute Gasteiger partial charge is 0.337 e. The average molecular weight is 468 g/mol. The van der Waals surface area contributed by atoms with Crippen molar-refractivity contribution in [3.05, 3.63) is 53.1 Å². The Kier molecular flexibility index (Phi) is 6.35. The van der Waals surface area contributed by atoms with Gasteiger partial charge in [-0.1, -0.05) is 19.9 Å². The van der Waals surface area contributed by atoms with E-state index < -0.39 is 16.0 Å². The average Bonchev–Trinajstić information content (AvgIpc) is 3.62. The Balaban J connectivity index is 1.76. The van der Waals surface area contributed by atoms with Crippen LogP contribution in [0.25, 0.3) is 0 Å². The summed E-state index contributed by atoms with van der Waals surface area (Å²) < 4.78 is 34.8. The SMILES string of the molecule is COC(=O)c1ccc(C2CC2)c(S(=O)(=O)Nc2cc(C#N)ccc2N2CC(C)CC(C)C2)c1. The molecule has 0 bridgehead atoms. The maximum Gasteiger partial charge on any atom is 0.337 e. The number of anilines is 2. The van der Waals surface area contributed by atoms with E-state index in [-0.39, 0.29) is 16.4 Å². The largest absolute Gasteiger partial charge is 0.465 e. The van der Waals surface area contributed by atoms with Crippen molar-refractivity contribution in [2.75, 3.05) is 29.8 Å². The molecule has 174 valence electrons. The van der Waals surface area contributed by atoms with Crippen molar-refractivity contribution in [1.29, 1.82) is 5.26 Å². The second-order valence-corrected chi connectivity index (χ2v) is 11.0. The van der Waals surface area contributed by atoms with Gasteiger partial charge in [-0.15, -0.1) is 0 Å². The molecule has 2 fully saturated rings. The zero-order valence-corrected chi connectivity index (χ0v) is 20.0. The van der Waals surface area contributed by atoms with Crippen LogP contribution in [0, 0.1) is 23.2 Å². The Bertz CT molecular complexity index is 1200. The zero-order valence-electron chi connectivity index (χ0n) is 19.2. The molecular weight excluding hydrogens is 438 g/mol. The first-order valence-electron chi connectivity index (χ1n) is 11.3. The highest BCUT2D eigenvalue weighted by molar-refractivity contribution is 7.92. The summed E-state index contributed by atoms with van der Waals surface area (Å²) in [5.74, 6) is 0.536. The number of rotatable bonds is 6. The van der Waals surface area contributed by atoms with Crippen LogP contribution in [-0.2, 0) is 14.8 Å². The van der Waals surface area contributed by atoms with E-state index >= 15 is 0 Å². The van der Waals surface area contributed by atoms with Crippen molar-refractivity contribution < 1.29 is 17.9 Å². The third-order valence-corrected chi connectivity index (χ3v) is 7.74. The second kappa shape index (κ2) is 9.06. The number of nitrogens with one attached hydrogen (secondary N) is 1. The summed E-state index contributed by atoms with van der Waals surface area (Å²) in [4.78, 5) is 14.3. The quantitative estimate of drug-likeness (QED) is 0.628. The summed E-state index contributed by atoms with van der Waals surface area (Å²) >= 11 is 0. The van der Waals surface area contributed by atoms with Gasteiger partial charge in [0.05, 0.1) is 40.6 Å². The van der Waals surface area contributed by atoms with Gasteiger partial charge in [0.1, 0.15) is 0 Å². The van der Waals surface area contributed by atoms with Crippen LogP contribution in [-0.4, -0.2) is 34.6 Å². The van der Waals surface area contributed by atoms with E-state index in [4.69, 9.17) is 4.74 Å². The number of benzene rings is 2. The number of nitriles is 1. The Hall–Kier alpha value is -3.05. The van der Waals surface area contributed by atoms with Crippen molar-refractivity contribution in [3.63, 3.8) is 0 Å². The lowest BCUT2D eigenvalue weighted by Crippen LogP contribution is -2.39. The molecule has 8 heteroatoms. The molecule has 2 aromatic carbocycles. The van der Waals surface area contributed by atoms with Crippen LogP contribution in [0.5, 0.6) is 0 Å². The summed E-state index contributed by atoms with van der Waals surface area (Å²) in [6.45, 7) is 6.01. The molecule has 2 aromatic rings. The van der Waals surface area contributed by atoms with Crippen molar-refractivity contribution >= 4 is 27.4 Å². The first-order valence-corrected chi connectivity index (χ1v) is 12.7. The lowest BCUT2D eigenvalue weighted by atomic mass is 9.91. The molecule has 4 rings (SSSR count). The predicted molar refractivity (Wildman–Crippen MR) is 127 cm³/mol. The van der Waals surface area contributed by atoms with E-state index in [9.17, 15) is 18.5 Å². The molecule has 2 aliphatic rings. The van der Waals surface area contributed by atoms with E-state index in [1.807, 2.05) is 6.07 Å². The highest BCUT2D eigenvalue weighted by atomic mass is 32.2. The van der Waals surface area contributed by atoms with E-state index in [0.717, 1.165) is 38.0 Å². The molecule has 0 radical (unpaired) electrons. The summed E-state index contributed by atoms with van der Waals surface area (Å²) in [6.07, 6.45) is 2.95. The van der Waals surface area contributed by atoms with Crippen LogP contribution in [0.15, 0.2) is 41.3 Å². The number of carbonyl (C=O) groups excluding carboxylic acids is 1. The van der Waals surface area contributed by atoms with Gasteiger partial charge in [0.2, 0.25) is 0 Å². The van der Waals surface area contributed by atoms with Gasteiger partial charge in [0, 0.05) is 13.1 Å². The summed E-state index contributed by atoms with van der Waals surface area (Å²) in [5, 5.41) is 9.42. The fourth-order valence-electron chi connectivity index (χ4n) is 4.77. The maximum absolute atomic E-state index is 13.6. The van der Waals surface area contributed by atoms with Gasteiger partial charge in [-0.25, -0.2) is 13.2 Å². The minimum atomic E-state index is -4.02. The molecule has 1 heterocycles. The van der Waals surface area contributed by atoms with Gasteiger partial charge >= 0.3 is 5.97 Å². The molecule has 2 atom stereocenters. The Labute approximate surface area is 195 Å². The number of hydrogen-bond donors (Lipinski definition) is 1. The molecule has 0 spiro atoms.